The molecule has 1 amide bonds. The minimum atomic E-state index is -0.221. The van der Waals surface area contributed by atoms with E-state index in [1.807, 2.05) is 44.2 Å². The third kappa shape index (κ3) is 4.09. The maximum Gasteiger partial charge on any atom is 0.258 e. The molecule has 0 aliphatic carbocycles. The van der Waals surface area contributed by atoms with Gasteiger partial charge in [0.25, 0.3) is 11.5 Å². The molecule has 7 nitrogen and oxygen atoms in total. The molecule has 1 N–H and O–H groups in total. The molecule has 0 bridgehead atoms. The highest BCUT2D eigenvalue weighted by molar-refractivity contribution is 6.31. The van der Waals surface area contributed by atoms with Crippen molar-refractivity contribution in [3.8, 4) is 0 Å². The molecular weight excluding hydrogens is 414 g/mol. The first-order valence-electron chi connectivity index (χ1n) is 9.86. The van der Waals surface area contributed by atoms with Crippen LogP contribution in [0.4, 0.5) is 0 Å². The Morgan fingerprint density at radius 3 is 2.61 bits per heavy atom. The van der Waals surface area contributed by atoms with Gasteiger partial charge in [-0.3, -0.25) is 14.3 Å². The zero-order chi connectivity index (χ0) is 22.1. The first-order chi connectivity index (χ1) is 14.8. The Balaban J connectivity index is 1.59. The number of para-hydroxylation sites is 1. The number of carbonyl (C=O) groups excluding carboxylic acids is 1. The first kappa shape index (κ1) is 20.8. The predicted molar refractivity (Wildman–Crippen MR) is 120 cm³/mol. The van der Waals surface area contributed by atoms with Gasteiger partial charge in [-0.15, -0.1) is 0 Å². The van der Waals surface area contributed by atoms with Crippen molar-refractivity contribution in [1.82, 2.24) is 24.6 Å². The SMILES string of the molecule is Cc1nn(Cc2ccccc2Cl)c(C)c1C(=O)N(C)Cc1nc2ccccc2c(=O)[nH]1. The van der Waals surface area contributed by atoms with E-state index in [1.165, 1.54) is 4.90 Å². The van der Waals surface area contributed by atoms with Crippen molar-refractivity contribution in [2.45, 2.75) is 26.9 Å². The molecule has 2 aromatic heterocycles. The van der Waals surface area contributed by atoms with Gasteiger partial charge in [0, 0.05) is 17.8 Å². The molecule has 0 atom stereocenters. The topological polar surface area (TPSA) is 83.9 Å². The number of nitrogens with one attached hydrogen (secondary N) is 1. The Labute approximate surface area is 184 Å². The molecule has 4 aromatic rings. The summed E-state index contributed by atoms with van der Waals surface area (Å²) in [5.74, 6) is 0.245. The highest BCUT2D eigenvalue weighted by Crippen LogP contribution is 2.21. The molecule has 0 radical (unpaired) electrons. The van der Waals surface area contributed by atoms with Crippen molar-refractivity contribution in [3.63, 3.8) is 0 Å². The lowest BCUT2D eigenvalue weighted by atomic mass is 10.1. The van der Waals surface area contributed by atoms with Crippen molar-refractivity contribution in [3.05, 3.63) is 92.2 Å². The largest absolute Gasteiger partial charge is 0.334 e. The molecular formula is C23H22ClN5O2. The van der Waals surface area contributed by atoms with Crippen LogP contribution in [0.25, 0.3) is 10.9 Å². The summed E-state index contributed by atoms with van der Waals surface area (Å²) < 4.78 is 1.79. The van der Waals surface area contributed by atoms with Crippen molar-refractivity contribution >= 4 is 28.4 Å². The number of fused-ring (bicyclic) bond motifs is 1. The molecule has 158 valence electrons. The van der Waals surface area contributed by atoms with Gasteiger partial charge in [-0.25, -0.2) is 4.98 Å². The standard InChI is InChI=1S/C23H22ClN5O2/c1-14-21(15(2)29(27-14)12-16-8-4-6-10-18(16)24)23(31)28(3)13-20-25-19-11-7-5-9-17(19)22(30)26-20/h4-11H,12-13H2,1-3H3,(H,25,26,30). The average Bonchev–Trinajstić information content (AvgIpc) is 3.02. The molecule has 0 saturated carbocycles. The van der Waals surface area contributed by atoms with Crippen LogP contribution in [0.1, 0.15) is 33.1 Å². The minimum Gasteiger partial charge on any atom is -0.334 e. The second-order valence-electron chi connectivity index (χ2n) is 7.49. The quantitative estimate of drug-likeness (QED) is 0.518. The van der Waals surface area contributed by atoms with Gasteiger partial charge in [-0.2, -0.15) is 5.10 Å². The molecule has 0 aliphatic heterocycles. The second-order valence-corrected chi connectivity index (χ2v) is 7.89. The number of nitrogens with zero attached hydrogens (tertiary/aromatic N) is 4. The Hall–Kier alpha value is -3.45. The molecule has 0 saturated heterocycles. The van der Waals surface area contributed by atoms with Gasteiger partial charge >= 0.3 is 0 Å². The monoisotopic (exact) mass is 435 g/mol. The number of carbonyl (C=O) groups is 1. The average molecular weight is 436 g/mol. The fourth-order valence-corrected chi connectivity index (χ4v) is 3.84. The van der Waals surface area contributed by atoms with Gasteiger partial charge < -0.3 is 9.88 Å². The molecule has 8 heteroatoms. The van der Waals surface area contributed by atoms with Crippen molar-refractivity contribution in [2.24, 2.45) is 0 Å². The van der Waals surface area contributed by atoms with E-state index in [9.17, 15) is 9.59 Å². The smallest absolute Gasteiger partial charge is 0.258 e. The third-order valence-corrected chi connectivity index (χ3v) is 5.64. The molecule has 0 fully saturated rings. The van der Waals surface area contributed by atoms with Crippen LogP contribution in [0.2, 0.25) is 5.02 Å². The fraction of sp³-hybridized carbons (Fsp3) is 0.217. The van der Waals surface area contributed by atoms with Gasteiger partial charge in [0.1, 0.15) is 5.82 Å². The first-order valence-corrected chi connectivity index (χ1v) is 10.2. The van der Waals surface area contributed by atoms with E-state index in [0.717, 1.165) is 11.3 Å². The van der Waals surface area contributed by atoms with Crippen LogP contribution in [0.15, 0.2) is 53.3 Å². The maximum atomic E-state index is 13.2. The Morgan fingerprint density at radius 1 is 1.13 bits per heavy atom. The number of benzene rings is 2. The van der Waals surface area contributed by atoms with E-state index in [0.29, 0.717) is 39.6 Å². The molecule has 2 aromatic carbocycles. The molecule has 2 heterocycles. The van der Waals surface area contributed by atoms with Crippen molar-refractivity contribution in [2.75, 3.05) is 7.05 Å². The summed E-state index contributed by atoms with van der Waals surface area (Å²) in [6, 6.07) is 14.7. The van der Waals surface area contributed by atoms with E-state index >= 15 is 0 Å². The Morgan fingerprint density at radius 2 is 1.84 bits per heavy atom. The molecule has 0 unspecified atom stereocenters. The second kappa shape index (κ2) is 8.35. The highest BCUT2D eigenvalue weighted by Gasteiger charge is 2.23. The number of hydrogen-bond acceptors (Lipinski definition) is 4. The van der Waals surface area contributed by atoms with Crippen LogP contribution >= 0.6 is 11.6 Å². The summed E-state index contributed by atoms with van der Waals surface area (Å²) in [5, 5.41) is 5.73. The van der Waals surface area contributed by atoms with Gasteiger partial charge in [0.05, 0.1) is 35.2 Å². The summed E-state index contributed by atoms with van der Waals surface area (Å²) in [7, 11) is 1.68. The lowest BCUT2D eigenvalue weighted by molar-refractivity contribution is 0.0780. The van der Waals surface area contributed by atoms with Gasteiger partial charge in [-0.1, -0.05) is 41.9 Å². The summed E-state index contributed by atoms with van der Waals surface area (Å²) in [6.45, 7) is 4.33. The number of hydrogen-bond donors (Lipinski definition) is 1. The molecule has 4 rings (SSSR count). The normalized spacial score (nSPS) is 11.1. The van der Waals surface area contributed by atoms with Crippen LogP contribution in [-0.4, -0.2) is 37.6 Å². The number of H-pyrrole nitrogens is 1. The van der Waals surface area contributed by atoms with Gasteiger partial charge in [0.15, 0.2) is 0 Å². The van der Waals surface area contributed by atoms with Gasteiger partial charge in [0.2, 0.25) is 0 Å². The fourth-order valence-electron chi connectivity index (χ4n) is 3.65. The van der Waals surface area contributed by atoms with Crippen LogP contribution in [0.3, 0.4) is 0 Å². The molecule has 0 aliphatic rings. The minimum absolute atomic E-state index is 0.174. The molecule has 31 heavy (non-hydrogen) atoms. The number of aromatic amines is 1. The van der Waals surface area contributed by atoms with Gasteiger partial charge in [-0.05, 0) is 37.6 Å². The van der Waals surface area contributed by atoms with Crippen molar-refractivity contribution in [1.29, 1.82) is 0 Å². The summed E-state index contributed by atoms with van der Waals surface area (Å²) in [6.07, 6.45) is 0. The zero-order valence-corrected chi connectivity index (χ0v) is 18.3. The lowest BCUT2D eigenvalue weighted by Gasteiger charge is -2.17. The summed E-state index contributed by atoms with van der Waals surface area (Å²) >= 11 is 6.28. The van der Waals surface area contributed by atoms with E-state index in [-0.39, 0.29) is 18.0 Å². The number of halogens is 1. The Bertz CT molecular complexity index is 1340. The summed E-state index contributed by atoms with van der Waals surface area (Å²) in [5.41, 5.74) is 3.25. The summed E-state index contributed by atoms with van der Waals surface area (Å²) in [4.78, 5) is 34.3. The highest BCUT2D eigenvalue weighted by atomic mass is 35.5. The van der Waals surface area contributed by atoms with Crippen LogP contribution < -0.4 is 5.56 Å². The van der Waals surface area contributed by atoms with Crippen LogP contribution in [-0.2, 0) is 13.1 Å². The number of amides is 1. The van der Waals surface area contributed by atoms with E-state index < -0.39 is 0 Å². The number of rotatable bonds is 5. The van der Waals surface area contributed by atoms with E-state index in [2.05, 4.69) is 15.1 Å². The zero-order valence-electron chi connectivity index (χ0n) is 17.5. The predicted octanol–water partition coefficient (Wildman–Crippen LogP) is 3.71. The number of aromatic nitrogens is 4. The van der Waals surface area contributed by atoms with E-state index in [1.54, 1.807) is 29.9 Å². The van der Waals surface area contributed by atoms with Crippen molar-refractivity contribution < 1.29 is 4.79 Å². The molecule has 0 spiro atoms. The third-order valence-electron chi connectivity index (χ3n) is 5.27. The lowest BCUT2D eigenvalue weighted by Crippen LogP contribution is -2.29. The van der Waals surface area contributed by atoms with Crippen LogP contribution in [0.5, 0.6) is 0 Å². The number of aryl methyl sites for hydroxylation is 1. The maximum absolute atomic E-state index is 13.2. The van der Waals surface area contributed by atoms with E-state index in [4.69, 9.17) is 11.6 Å². The Kier molecular flexibility index (Phi) is 5.61. The van der Waals surface area contributed by atoms with Crippen LogP contribution in [0, 0.1) is 13.8 Å².